The fourth-order valence-electron chi connectivity index (χ4n) is 4.68. The van der Waals surface area contributed by atoms with Crippen LogP contribution in [0.25, 0.3) is 0 Å². The van der Waals surface area contributed by atoms with Crippen LogP contribution >= 0.6 is 0 Å². The molecule has 0 radical (unpaired) electrons. The molecule has 2 aliphatic carbocycles. The highest BCUT2D eigenvalue weighted by Crippen LogP contribution is 2.54. The molecule has 0 N–H and O–H groups in total. The molecule has 1 heterocycles. The molecule has 0 aromatic heterocycles. The molecule has 3 aliphatic rings. The number of Topliss-reactive ketones (excluding diaryl/α,β-unsaturated/α-hetero) is 2. The van der Waals surface area contributed by atoms with E-state index in [0.29, 0.717) is 53.9 Å². The van der Waals surface area contributed by atoms with E-state index in [4.69, 9.17) is 4.74 Å². The van der Waals surface area contributed by atoms with E-state index in [1.54, 1.807) is 0 Å². The van der Waals surface area contributed by atoms with E-state index in [9.17, 15) is 22.8 Å². The summed E-state index contributed by atoms with van der Waals surface area (Å²) in [6, 6.07) is 4.81. The first kappa shape index (κ1) is 20.9. The van der Waals surface area contributed by atoms with E-state index in [0.717, 1.165) is 12.1 Å². The van der Waals surface area contributed by atoms with Gasteiger partial charge in [0.2, 0.25) is 0 Å². The lowest BCUT2D eigenvalue weighted by Crippen LogP contribution is -2.40. The number of hydrogen-bond acceptors (Lipinski definition) is 3. The molecule has 1 aromatic carbocycles. The zero-order chi connectivity index (χ0) is 22.1. The Morgan fingerprint density at radius 3 is 2.10 bits per heavy atom. The second kappa shape index (κ2) is 6.56. The number of rotatable bonds is 1. The Labute approximate surface area is 174 Å². The second-order valence-electron chi connectivity index (χ2n) is 9.75. The lowest BCUT2D eigenvalue weighted by molar-refractivity contribution is -0.137. The number of halogens is 3. The monoisotopic (exact) mass is 418 g/mol. The van der Waals surface area contributed by atoms with Crippen LogP contribution in [0, 0.1) is 10.8 Å². The van der Waals surface area contributed by atoms with Crippen LogP contribution in [0.2, 0.25) is 0 Å². The first-order valence-corrected chi connectivity index (χ1v) is 10.2. The molecular weight excluding hydrogens is 393 g/mol. The third kappa shape index (κ3) is 3.21. The minimum atomic E-state index is -4.45. The lowest BCUT2D eigenvalue weighted by Gasteiger charge is -2.44. The summed E-state index contributed by atoms with van der Waals surface area (Å²) < 4.78 is 45.4. The van der Waals surface area contributed by atoms with Crippen LogP contribution in [0.15, 0.2) is 46.9 Å². The maximum atomic E-state index is 13.4. The van der Waals surface area contributed by atoms with Crippen LogP contribution in [0.3, 0.4) is 0 Å². The van der Waals surface area contributed by atoms with Gasteiger partial charge in [0, 0.05) is 40.7 Å². The number of benzene rings is 1. The number of ketones is 2. The van der Waals surface area contributed by atoms with Gasteiger partial charge < -0.3 is 4.74 Å². The summed E-state index contributed by atoms with van der Waals surface area (Å²) in [5, 5.41) is 0. The van der Waals surface area contributed by atoms with Gasteiger partial charge in [-0.1, -0.05) is 39.8 Å². The fourth-order valence-corrected chi connectivity index (χ4v) is 4.68. The van der Waals surface area contributed by atoms with Crippen molar-refractivity contribution in [2.45, 2.75) is 65.5 Å². The molecule has 0 saturated heterocycles. The molecule has 0 fully saturated rings. The number of carbonyl (C=O) groups excluding carboxylic acids is 2. The maximum absolute atomic E-state index is 13.4. The highest BCUT2D eigenvalue weighted by Gasteiger charge is 2.50. The van der Waals surface area contributed by atoms with Crippen molar-refractivity contribution in [3.63, 3.8) is 0 Å². The summed E-state index contributed by atoms with van der Waals surface area (Å²) in [7, 11) is 0. The molecule has 0 spiro atoms. The third-order valence-corrected chi connectivity index (χ3v) is 6.65. The molecule has 1 atom stereocenters. The zero-order valence-electron chi connectivity index (χ0n) is 17.6. The first-order valence-electron chi connectivity index (χ1n) is 10.2. The molecule has 0 saturated carbocycles. The minimum Gasteiger partial charge on any atom is -0.465 e. The largest absolute Gasteiger partial charge is 0.465 e. The number of allylic oxidation sites excluding steroid dienone is 4. The van der Waals surface area contributed by atoms with E-state index < -0.39 is 23.1 Å². The minimum absolute atomic E-state index is 0.100. The van der Waals surface area contributed by atoms with Gasteiger partial charge >= 0.3 is 6.18 Å². The predicted molar refractivity (Wildman–Crippen MR) is 105 cm³/mol. The van der Waals surface area contributed by atoms with Gasteiger partial charge in [0.25, 0.3) is 0 Å². The van der Waals surface area contributed by atoms with Crippen LogP contribution in [0.1, 0.15) is 70.4 Å². The molecule has 1 aliphatic heterocycles. The normalized spacial score (nSPS) is 25.6. The standard InChI is InChI=1S/C24H25F3O3/c1-22(2)12-10-16-19(20(22)29)17(13-5-7-14(8-6-13)24(25,26)27)18-15(28)9-11-23(3,4)21(18)30-16/h5-8,17H,9-12H2,1-4H3. The predicted octanol–water partition coefficient (Wildman–Crippen LogP) is 6.11. The average molecular weight is 418 g/mol. The number of ether oxygens (including phenoxy) is 1. The summed E-state index contributed by atoms with van der Waals surface area (Å²) in [4.78, 5) is 26.4. The van der Waals surface area contributed by atoms with Crippen molar-refractivity contribution in [1.82, 2.24) is 0 Å². The molecule has 6 heteroatoms. The van der Waals surface area contributed by atoms with E-state index in [1.165, 1.54) is 12.1 Å². The summed E-state index contributed by atoms with van der Waals surface area (Å²) >= 11 is 0. The van der Waals surface area contributed by atoms with Crippen molar-refractivity contribution in [1.29, 1.82) is 0 Å². The number of alkyl halides is 3. The molecule has 30 heavy (non-hydrogen) atoms. The van der Waals surface area contributed by atoms with Gasteiger partial charge in [-0.15, -0.1) is 0 Å². The third-order valence-electron chi connectivity index (χ3n) is 6.65. The Kier molecular flexibility index (Phi) is 4.57. The van der Waals surface area contributed by atoms with Gasteiger partial charge in [-0.25, -0.2) is 0 Å². The average Bonchev–Trinajstić information content (AvgIpc) is 2.66. The summed E-state index contributed by atoms with van der Waals surface area (Å²) in [5.74, 6) is 0.235. The Balaban J connectivity index is 1.93. The summed E-state index contributed by atoms with van der Waals surface area (Å²) in [6.45, 7) is 7.72. The highest BCUT2D eigenvalue weighted by molar-refractivity contribution is 6.07. The highest BCUT2D eigenvalue weighted by atomic mass is 19.4. The molecule has 1 unspecified atom stereocenters. The Hall–Kier alpha value is -2.37. The fraction of sp³-hybridized carbons (Fsp3) is 0.500. The Morgan fingerprint density at radius 2 is 1.50 bits per heavy atom. The van der Waals surface area contributed by atoms with Gasteiger partial charge in [-0.3, -0.25) is 9.59 Å². The van der Waals surface area contributed by atoms with Crippen molar-refractivity contribution < 1.29 is 27.5 Å². The zero-order valence-corrected chi connectivity index (χ0v) is 17.6. The molecule has 0 bridgehead atoms. The molecule has 3 nitrogen and oxygen atoms in total. The molecule has 4 rings (SSSR count). The van der Waals surface area contributed by atoms with Crippen molar-refractivity contribution in [2.75, 3.05) is 0 Å². The van der Waals surface area contributed by atoms with Crippen LogP contribution < -0.4 is 0 Å². The molecule has 160 valence electrons. The van der Waals surface area contributed by atoms with Crippen LogP contribution in [0.5, 0.6) is 0 Å². The van der Waals surface area contributed by atoms with Crippen molar-refractivity contribution in [3.05, 3.63) is 58.1 Å². The van der Waals surface area contributed by atoms with E-state index in [1.807, 2.05) is 27.7 Å². The Bertz CT molecular complexity index is 992. The van der Waals surface area contributed by atoms with Crippen molar-refractivity contribution in [3.8, 4) is 0 Å². The van der Waals surface area contributed by atoms with Gasteiger partial charge in [0.15, 0.2) is 11.6 Å². The van der Waals surface area contributed by atoms with Gasteiger partial charge in [-0.05, 0) is 30.5 Å². The van der Waals surface area contributed by atoms with E-state index in [2.05, 4.69) is 0 Å². The molecule has 0 amide bonds. The topological polar surface area (TPSA) is 43.4 Å². The van der Waals surface area contributed by atoms with Crippen LogP contribution in [-0.4, -0.2) is 11.6 Å². The van der Waals surface area contributed by atoms with E-state index in [-0.39, 0.29) is 17.0 Å². The van der Waals surface area contributed by atoms with Crippen LogP contribution in [0.4, 0.5) is 13.2 Å². The smallest absolute Gasteiger partial charge is 0.416 e. The number of hydrogen-bond donors (Lipinski definition) is 0. The van der Waals surface area contributed by atoms with Gasteiger partial charge in [0.05, 0.1) is 5.56 Å². The second-order valence-corrected chi connectivity index (χ2v) is 9.75. The van der Waals surface area contributed by atoms with E-state index >= 15 is 0 Å². The van der Waals surface area contributed by atoms with Gasteiger partial charge in [-0.2, -0.15) is 13.2 Å². The van der Waals surface area contributed by atoms with Crippen LogP contribution in [-0.2, 0) is 20.5 Å². The lowest BCUT2D eigenvalue weighted by atomic mass is 9.64. The number of carbonyl (C=O) groups is 2. The van der Waals surface area contributed by atoms with Crippen molar-refractivity contribution in [2.24, 2.45) is 10.8 Å². The Morgan fingerprint density at radius 1 is 0.900 bits per heavy atom. The molecular formula is C24H25F3O3. The first-order chi connectivity index (χ1) is 13.8. The molecule has 1 aromatic rings. The summed E-state index contributed by atoms with van der Waals surface area (Å²) in [5.41, 5.74) is -0.387. The summed E-state index contributed by atoms with van der Waals surface area (Å²) in [6.07, 6.45) is -2.30. The quantitative estimate of drug-likeness (QED) is 0.553. The van der Waals surface area contributed by atoms with Gasteiger partial charge in [0.1, 0.15) is 11.5 Å². The van der Waals surface area contributed by atoms with Crippen molar-refractivity contribution >= 4 is 11.6 Å². The SMILES string of the molecule is CC1(C)CCC2=C(C1=O)C(c1ccc(C(F)(F)F)cc1)C1=C(O2)C(C)(C)CCC1=O. The maximum Gasteiger partial charge on any atom is 0.416 e.